The van der Waals surface area contributed by atoms with Gasteiger partial charge in [0, 0.05) is 50.9 Å². The molecule has 0 aliphatic carbocycles. The Labute approximate surface area is 239 Å². The number of rotatable bonds is 10. The number of anilines is 1. The van der Waals surface area contributed by atoms with E-state index in [-0.39, 0.29) is 0 Å². The van der Waals surface area contributed by atoms with E-state index in [2.05, 4.69) is 29.7 Å². The highest BCUT2D eigenvalue weighted by molar-refractivity contribution is 6.27. The minimum absolute atomic E-state index is 0.391. The lowest BCUT2D eigenvalue weighted by Gasteiger charge is -2.32. The number of hydrogen-bond donors (Lipinski definition) is 5. The molecular formula is C25H33N7O10. The third kappa shape index (κ3) is 11.7. The molecule has 3 aromatic rings. The Morgan fingerprint density at radius 2 is 1.48 bits per heavy atom. The van der Waals surface area contributed by atoms with Crippen molar-refractivity contribution in [1.82, 2.24) is 29.4 Å². The number of fused-ring (bicyclic) bond motifs is 1. The lowest BCUT2D eigenvalue weighted by atomic mass is 10.1. The van der Waals surface area contributed by atoms with Crippen LogP contribution in [0.4, 0.5) is 5.95 Å². The molecule has 1 aliphatic rings. The molecule has 1 fully saturated rings. The van der Waals surface area contributed by atoms with Gasteiger partial charge in [0.1, 0.15) is 12.1 Å². The van der Waals surface area contributed by atoms with Gasteiger partial charge in [0.05, 0.1) is 13.2 Å². The number of nitrogens with one attached hydrogen (secondary N) is 1. The van der Waals surface area contributed by atoms with Gasteiger partial charge < -0.3 is 35.2 Å². The van der Waals surface area contributed by atoms with Crippen LogP contribution in [0.15, 0.2) is 36.8 Å². The first kappa shape index (κ1) is 33.3. The van der Waals surface area contributed by atoms with E-state index in [9.17, 15) is 0 Å². The second-order valence-electron chi connectivity index (χ2n) is 8.49. The summed E-state index contributed by atoms with van der Waals surface area (Å²) < 4.78 is 13.3. The van der Waals surface area contributed by atoms with Gasteiger partial charge >= 0.3 is 29.9 Å². The van der Waals surface area contributed by atoms with Crippen molar-refractivity contribution in [3.05, 3.63) is 36.8 Å². The van der Waals surface area contributed by atoms with Crippen LogP contribution in [0, 0.1) is 0 Å². The highest BCUT2D eigenvalue weighted by atomic mass is 16.5. The van der Waals surface area contributed by atoms with Gasteiger partial charge in [0.15, 0.2) is 5.65 Å². The van der Waals surface area contributed by atoms with Crippen LogP contribution in [0.2, 0.25) is 0 Å². The van der Waals surface area contributed by atoms with E-state index < -0.39 is 23.9 Å². The Morgan fingerprint density at radius 3 is 2.05 bits per heavy atom. The quantitative estimate of drug-likeness (QED) is 0.159. The van der Waals surface area contributed by atoms with Crippen molar-refractivity contribution in [2.75, 3.05) is 44.8 Å². The lowest BCUT2D eigenvalue weighted by Crippen LogP contribution is -2.41. The van der Waals surface area contributed by atoms with Gasteiger partial charge in [-0.1, -0.05) is 0 Å². The van der Waals surface area contributed by atoms with E-state index in [1.165, 1.54) is 0 Å². The number of carboxylic acid groups (broad SMARTS) is 4. The van der Waals surface area contributed by atoms with Crippen molar-refractivity contribution in [3.63, 3.8) is 0 Å². The Morgan fingerprint density at radius 1 is 0.881 bits per heavy atom. The Kier molecular flexibility index (Phi) is 14.1. The average molecular weight is 592 g/mol. The number of ether oxygens (including phenoxy) is 2. The average Bonchev–Trinajstić information content (AvgIpc) is 3.32. The van der Waals surface area contributed by atoms with E-state index in [1.54, 1.807) is 18.5 Å². The predicted octanol–water partition coefficient (Wildman–Crippen LogP) is 0.524. The van der Waals surface area contributed by atoms with Crippen molar-refractivity contribution >= 4 is 41.0 Å². The number of aromatic nitrogens is 5. The number of imidazole rings is 1. The fraction of sp³-hybridized carbons (Fsp3) is 0.440. The van der Waals surface area contributed by atoms with Gasteiger partial charge in [-0.3, -0.25) is 9.47 Å². The minimum Gasteiger partial charge on any atom is -0.473 e. The summed E-state index contributed by atoms with van der Waals surface area (Å²) in [6.45, 7) is 7.62. The van der Waals surface area contributed by atoms with Crippen molar-refractivity contribution in [1.29, 1.82) is 0 Å². The second-order valence-corrected chi connectivity index (χ2v) is 8.49. The van der Waals surface area contributed by atoms with Crippen LogP contribution in [-0.4, -0.2) is 119 Å². The van der Waals surface area contributed by atoms with Gasteiger partial charge in [-0.2, -0.15) is 0 Å². The molecule has 228 valence electrons. The van der Waals surface area contributed by atoms with Crippen LogP contribution >= 0.6 is 0 Å². The van der Waals surface area contributed by atoms with Crippen LogP contribution in [-0.2, 0) is 30.5 Å². The number of hydrogen-bond acceptors (Lipinski definition) is 12. The molecule has 0 spiro atoms. The van der Waals surface area contributed by atoms with Crippen molar-refractivity contribution < 1.29 is 49.1 Å². The fourth-order valence-corrected chi connectivity index (χ4v) is 3.69. The van der Waals surface area contributed by atoms with Crippen molar-refractivity contribution in [2.24, 2.45) is 0 Å². The Balaban J connectivity index is 0.000000434. The maximum Gasteiger partial charge on any atom is 0.414 e. The molecule has 17 nitrogen and oxygen atoms in total. The number of piperidine rings is 1. The molecule has 17 heteroatoms. The molecule has 0 aromatic carbocycles. The Hall–Kier alpha value is -4.90. The third-order valence-corrected chi connectivity index (χ3v) is 5.63. The molecule has 0 radical (unpaired) electrons. The van der Waals surface area contributed by atoms with Crippen molar-refractivity contribution in [3.8, 4) is 6.01 Å². The topological polar surface area (TPSA) is 239 Å². The number of pyridine rings is 1. The van der Waals surface area contributed by atoms with Crippen LogP contribution in [0.1, 0.15) is 19.8 Å². The highest BCUT2D eigenvalue weighted by Gasteiger charge is 2.21. The molecule has 0 amide bonds. The van der Waals surface area contributed by atoms with Crippen LogP contribution in [0.5, 0.6) is 6.01 Å². The standard InChI is InChI=1S/C21H29N7O2.2C2H2O4/c1-2-29-15-14-28-19-18(5-3-8-22-19)26-20(28)25-17-6-11-27(12-7-17)13-16-30-21-23-9-4-10-24-21;2*3-1(4)2(5)6/h3-5,8-10,17H,2,6-7,11-16H2,1H3,(H,25,26);2*(H,3,4)(H,5,6). The van der Waals surface area contributed by atoms with E-state index in [0.29, 0.717) is 31.9 Å². The largest absolute Gasteiger partial charge is 0.473 e. The number of aliphatic carboxylic acids is 4. The summed E-state index contributed by atoms with van der Waals surface area (Å²) in [6.07, 6.45) is 7.31. The molecule has 42 heavy (non-hydrogen) atoms. The van der Waals surface area contributed by atoms with E-state index in [4.69, 9.17) is 54.1 Å². The molecule has 4 heterocycles. The van der Waals surface area contributed by atoms with E-state index in [1.807, 2.05) is 25.3 Å². The molecule has 3 aromatic heterocycles. The maximum atomic E-state index is 9.10. The van der Waals surface area contributed by atoms with Gasteiger partial charge in [-0.15, -0.1) is 0 Å². The number of nitrogens with zero attached hydrogens (tertiary/aromatic N) is 6. The number of likely N-dealkylation sites (tertiary alicyclic amines) is 1. The molecular weight excluding hydrogens is 558 g/mol. The molecule has 0 unspecified atom stereocenters. The first-order valence-electron chi connectivity index (χ1n) is 12.8. The molecule has 4 rings (SSSR count). The Bertz CT molecular complexity index is 1250. The molecule has 0 atom stereocenters. The number of carboxylic acids is 4. The van der Waals surface area contributed by atoms with Crippen LogP contribution < -0.4 is 10.1 Å². The van der Waals surface area contributed by atoms with Crippen LogP contribution in [0.3, 0.4) is 0 Å². The minimum atomic E-state index is -1.82. The zero-order valence-corrected chi connectivity index (χ0v) is 22.8. The normalized spacial score (nSPS) is 13.2. The monoisotopic (exact) mass is 591 g/mol. The summed E-state index contributed by atoms with van der Waals surface area (Å²) in [6, 6.07) is 6.54. The summed E-state index contributed by atoms with van der Waals surface area (Å²) in [4.78, 5) is 56.3. The summed E-state index contributed by atoms with van der Waals surface area (Å²) in [5.74, 6) is -6.42. The lowest BCUT2D eigenvalue weighted by molar-refractivity contribution is -0.159. The van der Waals surface area contributed by atoms with Gasteiger partial charge in [-0.25, -0.2) is 39.1 Å². The summed E-state index contributed by atoms with van der Waals surface area (Å²) in [7, 11) is 0. The van der Waals surface area contributed by atoms with Crippen LogP contribution in [0.25, 0.3) is 11.2 Å². The van der Waals surface area contributed by atoms with E-state index >= 15 is 0 Å². The van der Waals surface area contributed by atoms with Gasteiger partial charge in [0.2, 0.25) is 5.95 Å². The summed E-state index contributed by atoms with van der Waals surface area (Å²) in [5.41, 5.74) is 1.81. The maximum absolute atomic E-state index is 9.10. The first-order valence-corrected chi connectivity index (χ1v) is 12.8. The third-order valence-electron chi connectivity index (χ3n) is 5.63. The van der Waals surface area contributed by atoms with Crippen molar-refractivity contribution in [2.45, 2.75) is 32.4 Å². The predicted molar refractivity (Wildman–Crippen MR) is 145 cm³/mol. The molecule has 0 bridgehead atoms. The summed E-state index contributed by atoms with van der Waals surface area (Å²) >= 11 is 0. The zero-order valence-electron chi connectivity index (χ0n) is 22.8. The van der Waals surface area contributed by atoms with Gasteiger partial charge in [0.25, 0.3) is 0 Å². The smallest absolute Gasteiger partial charge is 0.414 e. The SMILES string of the molecule is CCOCCn1c(NC2CCN(CCOc3ncccn3)CC2)nc2cccnc21.O=C(O)C(=O)O.O=C(O)C(=O)O. The number of carbonyl (C=O) groups is 4. The van der Waals surface area contributed by atoms with E-state index in [0.717, 1.165) is 56.1 Å². The molecule has 1 saturated heterocycles. The zero-order chi connectivity index (χ0) is 30.9. The van der Waals surface area contributed by atoms with Gasteiger partial charge in [-0.05, 0) is 38.0 Å². The second kappa shape index (κ2) is 17.7. The molecule has 1 aliphatic heterocycles. The fourth-order valence-electron chi connectivity index (χ4n) is 3.69. The highest BCUT2D eigenvalue weighted by Crippen LogP contribution is 2.21. The first-order chi connectivity index (χ1) is 20.1. The molecule has 0 saturated carbocycles. The molecule has 5 N–H and O–H groups in total. The summed E-state index contributed by atoms with van der Waals surface area (Å²) in [5, 5.41) is 33.2.